The molecule has 0 bridgehead atoms. The number of phenols is 2. The van der Waals surface area contributed by atoms with Gasteiger partial charge < -0.3 is 30.4 Å². The van der Waals surface area contributed by atoms with Gasteiger partial charge in [-0.25, -0.2) is 19.9 Å². The van der Waals surface area contributed by atoms with Crippen molar-refractivity contribution < 1.29 is 24.9 Å². The number of aromatic hydroxyl groups is 2. The number of nitrogens with zero attached hydrogens (tertiary/aromatic N) is 7. The van der Waals surface area contributed by atoms with Crippen LogP contribution in [-0.2, 0) is 16.1 Å². The molecule has 1 amide bonds. The Balaban J connectivity index is 0.000000173. The number of benzene rings is 4. The van der Waals surface area contributed by atoms with E-state index in [1.54, 1.807) is 42.7 Å². The number of aryl methyl sites for hydroxylation is 2. The summed E-state index contributed by atoms with van der Waals surface area (Å²) in [5.41, 5.74) is 5.93. The summed E-state index contributed by atoms with van der Waals surface area (Å²) in [5.74, 6) is 1.46. The standard InChI is InChI=1S/C27H27N5O2.C21H21N3O3/c1-18-10-11-21-23(14-18)30-25(22-8-2-3-9-24(22)33)31-26(21)32-13-5-7-20(17-32)27(34)29-16-19-6-4-12-28-15-19;1-13-8-9-15-17(11-13)22-19(16-6-2-3-7-18(16)25)23-20(15)24-10-4-5-14(12-24)21(26)27/h2-4,6,8-12,14-15,20,33H,5,7,13,16-17H2,1H3,(H,29,34);2-3,6-9,11,14,25H,4-5,10,12H2,1H3,(H,26,27). The number of carbonyl (C=O) groups excluding carboxylic acids is 1. The maximum atomic E-state index is 13.0. The van der Waals surface area contributed by atoms with Crippen LogP contribution in [0.15, 0.2) is 109 Å². The molecule has 2 unspecified atom stereocenters. The molecular weight excluding hydrogens is 769 g/mol. The Bertz CT molecular complexity index is 2710. The van der Waals surface area contributed by atoms with Crippen molar-refractivity contribution in [2.24, 2.45) is 11.8 Å². The Labute approximate surface area is 353 Å². The highest BCUT2D eigenvalue weighted by molar-refractivity contribution is 5.93. The fourth-order valence-electron chi connectivity index (χ4n) is 8.09. The van der Waals surface area contributed by atoms with E-state index in [1.807, 2.05) is 79.4 Å². The highest BCUT2D eigenvalue weighted by Gasteiger charge is 2.29. The monoisotopic (exact) mass is 816 g/mol. The third kappa shape index (κ3) is 9.20. The molecule has 0 spiro atoms. The molecule has 310 valence electrons. The number of hydrogen-bond acceptors (Lipinski definition) is 11. The van der Waals surface area contributed by atoms with Gasteiger partial charge in [-0.1, -0.05) is 42.5 Å². The van der Waals surface area contributed by atoms with Crippen molar-refractivity contribution in [3.63, 3.8) is 0 Å². The summed E-state index contributed by atoms with van der Waals surface area (Å²) in [6.45, 7) is 7.08. The molecule has 7 aromatic rings. The molecule has 61 heavy (non-hydrogen) atoms. The van der Waals surface area contributed by atoms with Crippen LogP contribution in [0.1, 0.15) is 42.4 Å². The minimum absolute atomic E-state index is 0.0451. The number of hydrogen-bond donors (Lipinski definition) is 4. The van der Waals surface area contributed by atoms with Crippen LogP contribution in [0.5, 0.6) is 11.5 Å². The molecule has 2 aliphatic rings. The van der Waals surface area contributed by atoms with Crippen LogP contribution in [0.3, 0.4) is 0 Å². The van der Waals surface area contributed by atoms with Crippen molar-refractivity contribution in [1.82, 2.24) is 30.2 Å². The number of piperidine rings is 2. The van der Waals surface area contributed by atoms with E-state index in [0.717, 1.165) is 82.5 Å². The van der Waals surface area contributed by atoms with E-state index >= 15 is 0 Å². The predicted molar refractivity (Wildman–Crippen MR) is 236 cm³/mol. The molecule has 0 aliphatic carbocycles. The minimum Gasteiger partial charge on any atom is -0.507 e. The first-order chi connectivity index (χ1) is 29.6. The lowest BCUT2D eigenvalue weighted by atomic mass is 9.96. The van der Waals surface area contributed by atoms with Crippen LogP contribution < -0.4 is 15.1 Å². The molecule has 0 saturated carbocycles. The van der Waals surface area contributed by atoms with Crippen molar-refractivity contribution in [2.45, 2.75) is 46.1 Å². The number of anilines is 2. The molecule has 4 aromatic carbocycles. The van der Waals surface area contributed by atoms with Crippen LogP contribution in [0.25, 0.3) is 44.6 Å². The zero-order chi connectivity index (χ0) is 42.5. The number of amides is 1. The maximum Gasteiger partial charge on any atom is 0.308 e. The fraction of sp³-hybridized carbons (Fsp3) is 0.271. The summed E-state index contributed by atoms with van der Waals surface area (Å²) in [4.78, 5) is 51.8. The van der Waals surface area contributed by atoms with Gasteiger partial charge in [0.1, 0.15) is 23.1 Å². The smallest absolute Gasteiger partial charge is 0.308 e. The van der Waals surface area contributed by atoms with E-state index in [2.05, 4.69) is 26.3 Å². The second kappa shape index (κ2) is 18.0. The van der Waals surface area contributed by atoms with Gasteiger partial charge in [0.2, 0.25) is 5.91 Å². The van der Waals surface area contributed by atoms with E-state index in [1.165, 1.54) is 0 Å². The lowest BCUT2D eigenvalue weighted by Gasteiger charge is -2.33. The number of carbonyl (C=O) groups is 2. The Morgan fingerprint density at radius 1 is 0.672 bits per heavy atom. The van der Waals surface area contributed by atoms with Crippen molar-refractivity contribution in [2.75, 3.05) is 36.0 Å². The molecular formula is C48H48N8O5. The second-order valence-electron chi connectivity index (χ2n) is 15.8. The molecule has 0 radical (unpaired) electrons. The number of pyridine rings is 1. The van der Waals surface area contributed by atoms with E-state index in [9.17, 15) is 24.9 Å². The van der Waals surface area contributed by atoms with Crippen LogP contribution >= 0.6 is 0 Å². The zero-order valence-electron chi connectivity index (χ0n) is 34.2. The predicted octanol–water partition coefficient (Wildman–Crippen LogP) is 7.85. The summed E-state index contributed by atoms with van der Waals surface area (Å²) in [6, 6.07) is 30.0. The van der Waals surface area contributed by atoms with Crippen LogP contribution in [0.2, 0.25) is 0 Å². The van der Waals surface area contributed by atoms with E-state index in [0.29, 0.717) is 48.8 Å². The first kappa shape index (κ1) is 40.6. The molecule has 2 atom stereocenters. The Morgan fingerprint density at radius 2 is 1.20 bits per heavy atom. The number of carboxylic acid groups (broad SMARTS) is 1. The molecule has 13 heteroatoms. The summed E-state index contributed by atoms with van der Waals surface area (Å²) in [6.07, 6.45) is 6.71. The first-order valence-electron chi connectivity index (χ1n) is 20.6. The van der Waals surface area contributed by atoms with Gasteiger partial charge in [-0.15, -0.1) is 0 Å². The van der Waals surface area contributed by atoms with Gasteiger partial charge in [-0.05, 0) is 111 Å². The number of aliphatic carboxylic acids is 1. The molecule has 2 fully saturated rings. The first-order valence-corrected chi connectivity index (χ1v) is 20.6. The topological polar surface area (TPSA) is 178 Å². The Hall–Kier alpha value is -7.15. The number of aromatic nitrogens is 5. The number of fused-ring (bicyclic) bond motifs is 2. The SMILES string of the molecule is Cc1ccc2c(N3CCCC(C(=O)NCc4cccnc4)C3)nc(-c3ccccc3O)nc2c1.Cc1ccc2c(N3CCCC(C(=O)O)C3)nc(-c3ccccc3O)nc2c1. The number of carboxylic acids is 1. The highest BCUT2D eigenvalue weighted by Crippen LogP contribution is 2.35. The average molecular weight is 817 g/mol. The third-order valence-electron chi connectivity index (χ3n) is 11.3. The summed E-state index contributed by atoms with van der Waals surface area (Å²) in [5, 5.41) is 35.0. The van der Waals surface area contributed by atoms with Crippen molar-refractivity contribution >= 4 is 45.3 Å². The molecule has 5 heterocycles. The van der Waals surface area contributed by atoms with Gasteiger partial charge in [0.25, 0.3) is 0 Å². The fourth-order valence-corrected chi connectivity index (χ4v) is 8.09. The largest absolute Gasteiger partial charge is 0.507 e. The molecule has 4 N–H and O–H groups in total. The van der Waals surface area contributed by atoms with Gasteiger partial charge in [0.05, 0.1) is 34.0 Å². The number of rotatable bonds is 8. The Kier molecular flexibility index (Phi) is 12.0. The van der Waals surface area contributed by atoms with Crippen molar-refractivity contribution in [3.05, 3.63) is 126 Å². The van der Waals surface area contributed by atoms with Crippen LogP contribution in [0, 0.1) is 25.7 Å². The number of nitrogens with one attached hydrogen (secondary N) is 1. The van der Waals surface area contributed by atoms with E-state index in [4.69, 9.17) is 15.0 Å². The summed E-state index contributed by atoms with van der Waals surface area (Å²) >= 11 is 0. The van der Waals surface area contributed by atoms with Gasteiger partial charge >= 0.3 is 5.97 Å². The normalized spacial score (nSPS) is 16.5. The van der Waals surface area contributed by atoms with Crippen molar-refractivity contribution in [3.8, 4) is 34.3 Å². The van der Waals surface area contributed by atoms with E-state index in [-0.39, 0.29) is 23.3 Å². The van der Waals surface area contributed by atoms with Crippen molar-refractivity contribution in [1.29, 1.82) is 0 Å². The van der Waals surface area contributed by atoms with Gasteiger partial charge in [0, 0.05) is 55.9 Å². The summed E-state index contributed by atoms with van der Waals surface area (Å²) in [7, 11) is 0. The minimum atomic E-state index is -0.769. The Morgan fingerprint density at radius 3 is 1.70 bits per heavy atom. The third-order valence-corrected chi connectivity index (χ3v) is 11.3. The van der Waals surface area contributed by atoms with Gasteiger partial charge in [-0.3, -0.25) is 14.6 Å². The summed E-state index contributed by atoms with van der Waals surface area (Å²) < 4.78 is 0. The number of para-hydroxylation sites is 2. The van der Waals surface area contributed by atoms with Gasteiger partial charge in [0.15, 0.2) is 11.6 Å². The van der Waals surface area contributed by atoms with E-state index < -0.39 is 11.9 Å². The van der Waals surface area contributed by atoms with Crippen LogP contribution in [0.4, 0.5) is 11.6 Å². The second-order valence-corrected chi connectivity index (χ2v) is 15.8. The maximum absolute atomic E-state index is 13.0. The molecule has 2 aliphatic heterocycles. The van der Waals surface area contributed by atoms with Gasteiger partial charge in [-0.2, -0.15) is 0 Å². The zero-order valence-corrected chi connectivity index (χ0v) is 34.2. The quantitative estimate of drug-likeness (QED) is 0.117. The molecule has 13 nitrogen and oxygen atoms in total. The highest BCUT2D eigenvalue weighted by atomic mass is 16.4. The molecule has 9 rings (SSSR count). The average Bonchev–Trinajstić information content (AvgIpc) is 3.28. The lowest BCUT2D eigenvalue weighted by Crippen LogP contribution is -2.43. The lowest BCUT2D eigenvalue weighted by molar-refractivity contribution is -0.142. The molecule has 3 aromatic heterocycles. The number of phenolic OH excluding ortho intramolecular Hbond substituents is 2. The van der Waals surface area contributed by atoms with Crippen LogP contribution in [-0.4, -0.2) is 78.3 Å². The molecule has 2 saturated heterocycles.